The molecule has 25 heavy (non-hydrogen) atoms. The fourth-order valence-electron chi connectivity index (χ4n) is 3.16. The summed E-state index contributed by atoms with van der Waals surface area (Å²) in [4.78, 5) is 13.1. The summed E-state index contributed by atoms with van der Waals surface area (Å²) in [6.07, 6.45) is 3.84. The lowest BCUT2D eigenvalue weighted by molar-refractivity contribution is 0.196. The molecule has 2 aromatic rings. The largest absolute Gasteiger partial charge is 0.481 e. The van der Waals surface area contributed by atoms with Gasteiger partial charge in [-0.2, -0.15) is 4.98 Å². The molecule has 1 aliphatic rings. The molecule has 5 nitrogen and oxygen atoms in total. The number of aromatic nitrogens is 2. The van der Waals surface area contributed by atoms with Crippen LogP contribution in [0, 0.1) is 5.82 Å². The minimum absolute atomic E-state index is 0.166. The van der Waals surface area contributed by atoms with E-state index in [0.717, 1.165) is 36.0 Å². The number of likely N-dealkylation sites (tertiary alicyclic amines) is 1. The summed E-state index contributed by atoms with van der Waals surface area (Å²) in [5.41, 5.74) is 0.726. The van der Waals surface area contributed by atoms with Crippen molar-refractivity contribution >= 4 is 21.9 Å². The molecule has 3 rings (SSSR count). The van der Waals surface area contributed by atoms with Gasteiger partial charge in [0.1, 0.15) is 5.82 Å². The standard InChI is InChI=1S/C18H22BrFN4O/c1-23(18-21-8-7-17(22-18)25-2)15-4-3-9-24(12-15)11-13-5-6-14(19)10-16(13)20/h5-8,10,15H,3-4,9,11-12H2,1-2H3. The van der Waals surface area contributed by atoms with Crippen molar-refractivity contribution in [3.8, 4) is 5.88 Å². The predicted octanol–water partition coefficient (Wildman–Crippen LogP) is 3.49. The Labute approximate surface area is 156 Å². The number of hydrogen-bond donors (Lipinski definition) is 0. The van der Waals surface area contributed by atoms with E-state index in [2.05, 4.69) is 35.7 Å². The van der Waals surface area contributed by atoms with Crippen LogP contribution in [-0.4, -0.2) is 48.2 Å². The Hall–Kier alpha value is -1.73. The monoisotopic (exact) mass is 408 g/mol. The third-order valence-corrected chi connectivity index (χ3v) is 5.07. The van der Waals surface area contributed by atoms with Gasteiger partial charge in [0.05, 0.1) is 7.11 Å². The SMILES string of the molecule is COc1ccnc(N(C)C2CCCN(Cc3ccc(Br)cc3F)C2)n1. The van der Waals surface area contributed by atoms with Crippen molar-refractivity contribution < 1.29 is 9.13 Å². The van der Waals surface area contributed by atoms with Gasteiger partial charge < -0.3 is 9.64 Å². The number of halogens is 2. The van der Waals surface area contributed by atoms with Crippen molar-refractivity contribution in [1.29, 1.82) is 0 Å². The van der Waals surface area contributed by atoms with E-state index in [1.165, 1.54) is 6.07 Å². The molecule has 0 bridgehead atoms. The van der Waals surface area contributed by atoms with E-state index in [1.807, 2.05) is 19.2 Å². The molecule has 1 aliphatic heterocycles. The number of piperidine rings is 1. The lowest BCUT2D eigenvalue weighted by Crippen LogP contribution is -2.46. The van der Waals surface area contributed by atoms with Gasteiger partial charge in [0, 0.05) is 48.5 Å². The highest BCUT2D eigenvalue weighted by atomic mass is 79.9. The third-order valence-electron chi connectivity index (χ3n) is 4.58. The van der Waals surface area contributed by atoms with E-state index in [9.17, 15) is 4.39 Å². The average Bonchev–Trinajstić information content (AvgIpc) is 2.64. The number of nitrogens with zero attached hydrogens (tertiary/aromatic N) is 4. The molecule has 0 amide bonds. The summed E-state index contributed by atoms with van der Waals surface area (Å²) in [5, 5.41) is 0. The van der Waals surface area contributed by atoms with Crippen LogP contribution in [0.25, 0.3) is 0 Å². The zero-order valence-electron chi connectivity index (χ0n) is 14.5. The highest BCUT2D eigenvalue weighted by Crippen LogP contribution is 2.23. The zero-order valence-corrected chi connectivity index (χ0v) is 16.0. The van der Waals surface area contributed by atoms with Crippen LogP contribution in [0.3, 0.4) is 0 Å². The van der Waals surface area contributed by atoms with Crippen molar-refractivity contribution in [1.82, 2.24) is 14.9 Å². The van der Waals surface area contributed by atoms with Gasteiger partial charge in [-0.3, -0.25) is 4.90 Å². The van der Waals surface area contributed by atoms with E-state index < -0.39 is 0 Å². The second kappa shape index (κ2) is 8.10. The first kappa shape index (κ1) is 18.1. The van der Waals surface area contributed by atoms with E-state index in [0.29, 0.717) is 24.4 Å². The Morgan fingerprint density at radius 3 is 3.00 bits per heavy atom. The van der Waals surface area contributed by atoms with Crippen molar-refractivity contribution in [2.75, 3.05) is 32.1 Å². The molecule has 2 heterocycles. The number of rotatable bonds is 5. The van der Waals surface area contributed by atoms with E-state index in [4.69, 9.17) is 4.74 Å². The smallest absolute Gasteiger partial charge is 0.228 e. The van der Waals surface area contributed by atoms with Crippen LogP contribution < -0.4 is 9.64 Å². The van der Waals surface area contributed by atoms with Crippen LogP contribution in [0.2, 0.25) is 0 Å². The second-order valence-electron chi connectivity index (χ2n) is 6.28. The molecule has 1 aromatic carbocycles. The molecule has 0 saturated carbocycles. The van der Waals surface area contributed by atoms with Gasteiger partial charge in [-0.15, -0.1) is 0 Å². The third kappa shape index (κ3) is 4.46. The zero-order chi connectivity index (χ0) is 17.8. The maximum Gasteiger partial charge on any atom is 0.228 e. The molecule has 0 spiro atoms. The molecule has 0 radical (unpaired) electrons. The van der Waals surface area contributed by atoms with Crippen molar-refractivity contribution in [2.45, 2.75) is 25.4 Å². The summed E-state index contributed by atoms with van der Waals surface area (Å²) in [7, 11) is 3.60. The van der Waals surface area contributed by atoms with Gasteiger partial charge in [-0.25, -0.2) is 9.37 Å². The molecular formula is C18H22BrFN4O. The van der Waals surface area contributed by atoms with Crippen LogP contribution >= 0.6 is 15.9 Å². The molecule has 0 aliphatic carbocycles. The molecule has 134 valence electrons. The van der Waals surface area contributed by atoms with Gasteiger partial charge in [0.2, 0.25) is 11.8 Å². The molecule has 7 heteroatoms. The van der Waals surface area contributed by atoms with E-state index >= 15 is 0 Å². The Kier molecular flexibility index (Phi) is 5.86. The molecule has 1 fully saturated rings. The summed E-state index contributed by atoms with van der Waals surface area (Å²) >= 11 is 3.30. The van der Waals surface area contributed by atoms with Gasteiger partial charge in [-0.05, 0) is 31.5 Å². The normalized spacial score (nSPS) is 18.2. The Bertz CT molecular complexity index is 730. The molecular weight excluding hydrogens is 387 g/mol. The fourth-order valence-corrected chi connectivity index (χ4v) is 3.49. The van der Waals surface area contributed by atoms with Crippen LogP contribution in [0.15, 0.2) is 34.9 Å². The first-order valence-electron chi connectivity index (χ1n) is 8.33. The second-order valence-corrected chi connectivity index (χ2v) is 7.19. The highest BCUT2D eigenvalue weighted by Gasteiger charge is 2.25. The van der Waals surface area contributed by atoms with Crippen molar-refractivity contribution in [2.24, 2.45) is 0 Å². The van der Waals surface area contributed by atoms with Crippen LogP contribution in [-0.2, 0) is 6.54 Å². The Balaban J connectivity index is 1.67. The van der Waals surface area contributed by atoms with Gasteiger partial charge in [-0.1, -0.05) is 22.0 Å². The van der Waals surface area contributed by atoms with Gasteiger partial charge in [0.15, 0.2) is 0 Å². The van der Waals surface area contributed by atoms with Gasteiger partial charge >= 0.3 is 0 Å². The number of anilines is 1. The number of hydrogen-bond acceptors (Lipinski definition) is 5. The van der Waals surface area contributed by atoms with Crippen LogP contribution in [0.5, 0.6) is 5.88 Å². The molecule has 0 N–H and O–H groups in total. The first-order chi connectivity index (χ1) is 12.1. The Morgan fingerprint density at radius 2 is 2.24 bits per heavy atom. The van der Waals surface area contributed by atoms with Crippen molar-refractivity contribution in [3.05, 3.63) is 46.3 Å². The highest BCUT2D eigenvalue weighted by molar-refractivity contribution is 9.10. The van der Waals surface area contributed by atoms with Gasteiger partial charge in [0.25, 0.3) is 0 Å². The topological polar surface area (TPSA) is 41.5 Å². The number of ether oxygens (including phenoxy) is 1. The summed E-state index contributed by atoms with van der Waals surface area (Å²) in [6.45, 7) is 2.44. The predicted molar refractivity (Wildman–Crippen MR) is 99.4 cm³/mol. The summed E-state index contributed by atoms with van der Waals surface area (Å²) < 4.78 is 20.1. The Morgan fingerprint density at radius 1 is 1.40 bits per heavy atom. The number of likely N-dealkylation sites (N-methyl/N-ethyl adjacent to an activating group) is 1. The minimum atomic E-state index is -0.166. The fraction of sp³-hybridized carbons (Fsp3) is 0.444. The van der Waals surface area contributed by atoms with E-state index in [-0.39, 0.29) is 5.82 Å². The summed E-state index contributed by atoms with van der Waals surface area (Å²) in [6, 6.07) is 7.28. The lowest BCUT2D eigenvalue weighted by Gasteiger charge is -2.37. The average molecular weight is 409 g/mol. The summed E-state index contributed by atoms with van der Waals surface area (Å²) in [5.74, 6) is 1.04. The molecule has 1 saturated heterocycles. The first-order valence-corrected chi connectivity index (χ1v) is 9.12. The van der Waals surface area contributed by atoms with E-state index in [1.54, 1.807) is 19.4 Å². The maximum absolute atomic E-state index is 14.1. The number of benzene rings is 1. The molecule has 1 unspecified atom stereocenters. The molecule has 1 aromatic heterocycles. The quantitative estimate of drug-likeness (QED) is 0.757. The lowest BCUT2D eigenvalue weighted by atomic mass is 10.0. The van der Waals surface area contributed by atoms with Crippen LogP contribution in [0.1, 0.15) is 18.4 Å². The minimum Gasteiger partial charge on any atom is -0.481 e. The molecule has 1 atom stereocenters. The number of methoxy groups -OCH3 is 1. The van der Waals surface area contributed by atoms with Crippen molar-refractivity contribution in [3.63, 3.8) is 0 Å². The maximum atomic E-state index is 14.1. The van der Waals surface area contributed by atoms with Crippen LogP contribution in [0.4, 0.5) is 10.3 Å².